The van der Waals surface area contributed by atoms with Gasteiger partial charge in [-0.15, -0.1) is 0 Å². The molecular formula is C67H108O12. The summed E-state index contributed by atoms with van der Waals surface area (Å²) in [5, 5.41) is 31.5. The van der Waals surface area contributed by atoms with Crippen LogP contribution in [0.4, 0.5) is 0 Å². The van der Waals surface area contributed by atoms with E-state index in [9.17, 15) is 34.5 Å². The Morgan fingerprint density at radius 1 is 0.430 bits per heavy atom. The molecule has 12 heteroatoms. The van der Waals surface area contributed by atoms with Crippen LogP contribution in [-0.2, 0) is 42.9 Å². The van der Waals surface area contributed by atoms with Crippen LogP contribution in [-0.4, -0.2) is 89.2 Å². The summed E-state index contributed by atoms with van der Waals surface area (Å²) in [4.78, 5) is 51.2. The fraction of sp³-hybridized carbons (Fsp3) is 0.672. The number of aliphatic carboxylic acids is 1. The molecule has 12 nitrogen and oxygen atoms in total. The number of carbonyl (C=O) groups excluding carboxylic acids is 3. The number of carboxylic acids is 1. The fourth-order valence-electron chi connectivity index (χ4n) is 8.70. The van der Waals surface area contributed by atoms with Crippen LogP contribution in [0.2, 0.25) is 0 Å². The lowest BCUT2D eigenvalue weighted by molar-refractivity contribution is -0.301. The molecule has 1 heterocycles. The molecule has 79 heavy (non-hydrogen) atoms. The Morgan fingerprint density at radius 3 is 1.27 bits per heavy atom. The minimum atomic E-state index is -1.92. The van der Waals surface area contributed by atoms with Crippen LogP contribution in [0.15, 0.2) is 109 Å². The van der Waals surface area contributed by atoms with Gasteiger partial charge in [-0.05, 0) is 89.9 Å². The van der Waals surface area contributed by atoms with E-state index < -0.39 is 67.3 Å². The van der Waals surface area contributed by atoms with Crippen LogP contribution in [0.3, 0.4) is 0 Å². The molecule has 3 N–H and O–H groups in total. The third-order valence-electron chi connectivity index (χ3n) is 13.4. The average molecular weight is 1110 g/mol. The van der Waals surface area contributed by atoms with Gasteiger partial charge in [-0.2, -0.15) is 0 Å². The highest BCUT2D eigenvalue weighted by Gasteiger charge is 2.50. The molecule has 1 aliphatic rings. The maximum absolute atomic E-state index is 13.2. The van der Waals surface area contributed by atoms with Crippen LogP contribution in [0.1, 0.15) is 239 Å². The second kappa shape index (κ2) is 54.0. The van der Waals surface area contributed by atoms with E-state index in [1.807, 2.05) is 12.2 Å². The normalized spacial score (nSPS) is 18.6. The van der Waals surface area contributed by atoms with E-state index >= 15 is 0 Å². The van der Waals surface area contributed by atoms with Crippen molar-refractivity contribution < 1.29 is 58.2 Å². The number of esters is 3. The highest BCUT2D eigenvalue weighted by Crippen LogP contribution is 2.26. The molecule has 0 amide bonds. The van der Waals surface area contributed by atoms with Crippen LogP contribution < -0.4 is 0 Å². The summed E-state index contributed by atoms with van der Waals surface area (Å²) in [5.74, 6) is -3.26. The van der Waals surface area contributed by atoms with Crippen molar-refractivity contribution in [3.05, 3.63) is 109 Å². The minimum absolute atomic E-state index is 0.0299. The molecule has 0 aromatic carbocycles. The van der Waals surface area contributed by atoms with Gasteiger partial charge in [0.25, 0.3) is 0 Å². The predicted octanol–water partition coefficient (Wildman–Crippen LogP) is 16.2. The van der Waals surface area contributed by atoms with E-state index in [-0.39, 0.29) is 25.9 Å². The first-order chi connectivity index (χ1) is 38.6. The third-order valence-corrected chi connectivity index (χ3v) is 13.4. The Balaban J connectivity index is 2.74. The van der Waals surface area contributed by atoms with Crippen molar-refractivity contribution in [2.75, 3.05) is 13.2 Å². The van der Waals surface area contributed by atoms with Gasteiger partial charge in [0.1, 0.15) is 18.8 Å². The fourth-order valence-corrected chi connectivity index (χ4v) is 8.70. The number of carbonyl (C=O) groups is 4. The summed E-state index contributed by atoms with van der Waals surface area (Å²) < 4.78 is 28.4. The van der Waals surface area contributed by atoms with Crippen molar-refractivity contribution in [2.24, 2.45) is 0 Å². The highest BCUT2D eigenvalue weighted by atomic mass is 16.7. The second-order valence-corrected chi connectivity index (χ2v) is 20.6. The summed E-state index contributed by atoms with van der Waals surface area (Å²) in [5.41, 5.74) is 0. The van der Waals surface area contributed by atoms with Crippen molar-refractivity contribution in [1.29, 1.82) is 0 Å². The molecule has 0 saturated carbocycles. The number of aliphatic hydroxyl groups excluding tert-OH is 2. The predicted molar refractivity (Wildman–Crippen MR) is 321 cm³/mol. The number of allylic oxidation sites excluding steroid dienone is 18. The lowest BCUT2D eigenvalue weighted by Crippen LogP contribution is -2.61. The van der Waals surface area contributed by atoms with Gasteiger partial charge in [0.15, 0.2) is 24.6 Å². The lowest BCUT2D eigenvalue weighted by Gasteiger charge is -2.40. The second-order valence-electron chi connectivity index (χ2n) is 20.6. The Labute approximate surface area is 478 Å². The molecule has 6 atom stereocenters. The number of hydrogen-bond acceptors (Lipinski definition) is 11. The number of rotatable bonds is 51. The molecule has 0 aliphatic carbocycles. The quantitative estimate of drug-likeness (QED) is 0.0228. The first-order valence-corrected chi connectivity index (χ1v) is 30.9. The zero-order valence-corrected chi connectivity index (χ0v) is 49.3. The van der Waals surface area contributed by atoms with Gasteiger partial charge in [0, 0.05) is 19.3 Å². The van der Waals surface area contributed by atoms with Crippen molar-refractivity contribution in [3.63, 3.8) is 0 Å². The molecule has 1 fully saturated rings. The first-order valence-electron chi connectivity index (χ1n) is 30.9. The monoisotopic (exact) mass is 1100 g/mol. The zero-order valence-electron chi connectivity index (χ0n) is 49.3. The molecular weight excluding hydrogens is 997 g/mol. The molecule has 0 spiro atoms. The van der Waals surface area contributed by atoms with Crippen molar-refractivity contribution in [2.45, 2.75) is 276 Å². The molecule has 0 aromatic rings. The topological polar surface area (TPSA) is 175 Å². The maximum Gasteiger partial charge on any atom is 0.335 e. The Bertz CT molecular complexity index is 1790. The van der Waals surface area contributed by atoms with E-state index in [0.717, 1.165) is 109 Å². The van der Waals surface area contributed by atoms with Crippen LogP contribution in [0.5, 0.6) is 0 Å². The maximum atomic E-state index is 13.2. The Kier molecular flexibility index (Phi) is 49.5. The standard InChI is InChI=1S/C67H108O12/c1-4-7-10-13-16-19-22-25-28-29-30-31-34-35-38-41-44-47-50-53-59(68)75-56-58(77-60(69)54-51-48-45-42-39-36-32-26-23-20-17-14-11-8-5-2)57-76-67-65(63(72)62(71)64(79-67)66(73)74)78-61(70)55-52-49-46-43-40-37-33-27-24-21-18-15-12-9-6-3/h7,9-10,12,16,18-19,21,25,27-28,30-31,33,35,38,44,47,58,62-65,67,71-72H,4-6,8,11,13-15,17,20,22-24,26,29,32,34,36-37,39-43,45-46,48-57H2,1-3H3,(H,73,74)/b10-7-,12-9-,19-16-,21-18-,28-25-,31-30-,33-27-,38-35-,47-44-. The van der Waals surface area contributed by atoms with Crippen molar-refractivity contribution in [3.8, 4) is 0 Å². The molecule has 1 saturated heterocycles. The van der Waals surface area contributed by atoms with Gasteiger partial charge in [0.2, 0.25) is 0 Å². The number of aliphatic hydroxyl groups is 2. The molecule has 0 radical (unpaired) electrons. The van der Waals surface area contributed by atoms with Crippen molar-refractivity contribution >= 4 is 23.9 Å². The SMILES string of the molecule is CC/C=C\C/C=C\C/C=C\C/C=C\C/C=C\C/C=C\CCC(=O)OCC(COC1OC(C(=O)O)C(O)C(O)C1OC(=O)CCCCCCC/C=C\C/C=C\C/C=C\CC)OC(=O)CCCCCCCCCCCCCCCCC. The van der Waals surface area contributed by atoms with Gasteiger partial charge in [-0.1, -0.05) is 239 Å². The van der Waals surface area contributed by atoms with Crippen LogP contribution in [0.25, 0.3) is 0 Å². The van der Waals surface area contributed by atoms with Gasteiger partial charge in [0.05, 0.1) is 6.61 Å². The zero-order chi connectivity index (χ0) is 57.5. The molecule has 448 valence electrons. The van der Waals surface area contributed by atoms with E-state index in [1.165, 1.54) is 70.6 Å². The van der Waals surface area contributed by atoms with Gasteiger partial charge >= 0.3 is 23.9 Å². The number of ether oxygens (including phenoxy) is 5. The largest absolute Gasteiger partial charge is 0.479 e. The van der Waals surface area contributed by atoms with E-state index in [4.69, 9.17) is 23.7 Å². The number of carboxylic acid groups (broad SMARTS) is 1. The molecule has 1 rings (SSSR count). The van der Waals surface area contributed by atoms with E-state index in [2.05, 4.69) is 118 Å². The summed E-state index contributed by atoms with van der Waals surface area (Å²) in [6.07, 6.45) is 60.6. The Hall–Kier alpha value is -4.62. The number of unbranched alkanes of at least 4 members (excludes halogenated alkanes) is 19. The van der Waals surface area contributed by atoms with Crippen LogP contribution >= 0.6 is 0 Å². The third kappa shape index (κ3) is 43.8. The molecule has 0 bridgehead atoms. The summed E-state index contributed by atoms with van der Waals surface area (Å²) in [6, 6.07) is 0. The highest BCUT2D eigenvalue weighted by molar-refractivity contribution is 5.74. The Morgan fingerprint density at radius 2 is 0.823 bits per heavy atom. The minimum Gasteiger partial charge on any atom is -0.479 e. The first kappa shape index (κ1) is 72.4. The average Bonchev–Trinajstić information content (AvgIpc) is 3.46. The number of hydrogen-bond donors (Lipinski definition) is 3. The summed E-state index contributed by atoms with van der Waals surface area (Å²) >= 11 is 0. The lowest BCUT2D eigenvalue weighted by atomic mass is 9.98. The molecule has 6 unspecified atom stereocenters. The van der Waals surface area contributed by atoms with Crippen LogP contribution in [0, 0.1) is 0 Å². The van der Waals surface area contributed by atoms with E-state index in [1.54, 1.807) is 0 Å². The smallest absolute Gasteiger partial charge is 0.335 e. The van der Waals surface area contributed by atoms with Gasteiger partial charge in [-0.3, -0.25) is 14.4 Å². The molecule has 1 aliphatic heterocycles. The molecule has 0 aromatic heterocycles. The summed E-state index contributed by atoms with van der Waals surface area (Å²) in [6.45, 7) is 5.70. The van der Waals surface area contributed by atoms with E-state index in [0.29, 0.717) is 19.3 Å². The van der Waals surface area contributed by atoms with Gasteiger partial charge in [-0.25, -0.2) is 4.79 Å². The summed E-state index contributed by atoms with van der Waals surface area (Å²) in [7, 11) is 0. The van der Waals surface area contributed by atoms with Gasteiger partial charge < -0.3 is 39.0 Å². The van der Waals surface area contributed by atoms with Crippen molar-refractivity contribution in [1.82, 2.24) is 0 Å².